The number of carbonyl (C=O) groups excluding carboxylic acids is 4. The third kappa shape index (κ3) is 13.0. The van der Waals surface area contributed by atoms with Crippen molar-refractivity contribution in [2.45, 2.75) is 134 Å². The maximum atomic E-state index is 13.8. The molecule has 1 atom stereocenters. The van der Waals surface area contributed by atoms with Gasteiger partial charge in [-0.2, -0.15) is 0 Å². The summed E-state index contributed by atoms with van der Waals surface area (Å²) in [6.45, 7) is 28.3. The molecule has 0 aliphatic heterocycles. The molecule has 1 aromatic carbocycles. The van der Waals surface area contributed by atoms with E-state index in [1.165, 1.54) is 0 Å². The predicted octanol–water partition coefficient (Wildman–Crippen LogP) is 9.02. The Morgan fingerprint density at radius 1 is 0.523 bits per heavy atom. The van der Waals surface area contributed by atoms with Crippen molar-refractivity contribution in [1.82, 2.24) is 0 Å². The molecule has 0 amide bonds. The van der Waals surface area contributed by atoms with Gasteiger partial charge in [0.25, 0.3) is 0 Å². The molecule has 0 heterocycles. The summed E-state index contributed by atoms with van der Waals surface area (Å²) in [7, 11) is 0. The summed E-state index contributed by atoms with van der Waals surface area (Å²) in [6.07, 6.45) is -3.03. The van der Waals surface area contributed by atoms with Gasteiger partial charge in [-0.1, -0.05) is 41.5 Å². The third-order valence-corrected chi connectivity index (χ3v) is 5.94. The second-order valence-electron chi connectivity index (χ2n) is 16.2. The Labute approximate surface area is 262 Å². The van der Waals surface area contributed by atoms with E-state index in [1.807, 2.05) is 48.5 Å². The normalized spacial score (nSPS) is 14.1. The fourth-order valence-corrected chi connectivity index (χ4v) is 3.86. The lowest BCUT2D eigenvalue weighted by atomic mass is 9.61. The van der Waals surface area contributed by atoms with Gasteiger partial charge in [0.05, 0.1) is 5.41 Å². The van der Waals surface area contributed by atoms with Crippen LogP contribution in [0.3, 0.4) is 0 Å². The maximum Gasteiger partial charge on any atom is 0.514 e. The number of ether oxygens (including phenoxy) is 7. The van der Waals surface area contributed by atoms with Crippen molar-refractivity contribution >= 4 is 24.4 Å². The number of rotatable bonds is 6. The highest BCUT2D eigenvalue weighted by Gasteiger charge is 2.48. The number of hydrogen-bond donors (Lipinski definition) is 0. The molecule has 0 saturated heterocycles. The van der Waals surface area contributed by atoms with Crippen LogP contribution in [-0.2, 0) is 19.0 Å². The van der Waals surface area contributed by atoms with E-state index in [-0.39, 0.29) is 11.2 Å². The van der Waals surface area contributed by atoms with E-state index in [1.54, 1.807) is 62.3 Å². The molecule has 0 fully saturated rings. The van der Waals surface area contributed by atoms with E-state index < -0.39 is 69.3 Å². The molecular weight excluding hydrogens is 572 g/mol. The fourth-order valence-electron chi connectivity index (χ4n) is 3.86. The predicted molar refractivity (Wildman–Crippen MR) is 164 cm³/mol. The van der Waals surface area contributed by atoms with Crippen LogP contribution in [0.4, 0.5) is 14.4 Å². The number of esters is 1. The van der Waals surface area contributed by atoms with Crippen LogP contribution in [0, 0.1) is 16.2 Å². The van der Waals surface area contributed by atoms with E-state index in [2.05, 4.69) is 0 Å². The second kappa shape index (κ2) is 13.2. The van der Waals surface area contributed by atoms with Crippen molar-refractivity contribution < 1.29 is 52.3 Å². The average Bonchev–Trinajstić information content (AvgIpc) is 2.69. The quantitative estimate of drug-likeness (QED) is 0.130. The molecule has 1 unspecified atom stereocenters. The largest absolute Gasteiger partial charge is 0.514 e. The van der Waals surface area contributed by atoms with Gasteiger partial charge in [-0.25, -0.2) is 14.4 Å². The Balaban J connectivity index is 3.85. The molecular formula is C33H52O11. The molecule has 0 aromatic heterocycles. The van der Waals surface area contributed by atoms with Gasteiger partial charge in [0, 0.05) is 12.1 Å². The zero-order valence-corrected chi connectivity index (χ0v) is 29.4. The van der Waals surface area contributed by atoms with Crippen molar-refractivity contribution in [3.05, 3.63) is 12.1 Å². The van der Waals surface area contributed by atoms with Crippen LogP contribution >= 0.6 is 0 Å². The summed E-state index contributed by atoms with van der Waals surface area (Å²) in [5.74, 6) is -2.13. The van der Waals surface area contributed by atoms with Gasteiger partial charge in [0.2, 0.25) is 5.75 Å². The Kier molecular flexibility index (Phi) is 11.6. The first-order valence-electron chi connectivity index (χ1n) is 14.5. The number of carbonyl (C=O) groups is 4. The highest BCUT2D eigenvalue weighted by atomic mass is 16.8. The van der Waals surface area contributed by atoms with Gasteiger partial charge in [0.1, 0.15) is 22.6 Å². The SMILES string of the molecule is CC(C)(C)CC(C)(C(=O)Oc1cc(OC(=O)OC(C)(C)C)c(OC(=O)OC(C)(C)C)c(OC(=O)OC(C)(C)C)c1)C(C)(C)C. The lowest BCUT2D eigenvalue weighted by Gasteiger charge is -2.43. The minimum Gasteiger partial charge on any atom is -0.428 e. The molecule has 0 saturated carbocycles. The molecule has 0 radical (unpaired) electrons. The van der Waals surface area contributed by atoms with Crippen LogP contribution < -0.4 is 18.9 Å². The van der Waals surface area contributed by atoms with Crippen LogP contribution in [0.15, 0.2) is 12.1 Å². The van der Waals surface area contributed by atoms with Crippen LogP contribution in [0.2, 0.25) is 0 Å². The van der Waals surface area contributed by atoms with E-state index in [0.717, 1.165) is 12.1 Å². The molecule has 0 aliphatic carbocycles. The van der Waals surface area contributed by atoms with Gasteiger partial charge in [-0.3, -0.25) is 4.79 Å². The Bertz CT molecular complexity index is 1160. The van der Waals surface area contributed by atoms with Crippen molar-refractivity contribution in [3.8, 4) is 23.0 Å². The van der Waals surface area contributed by atoms with Gasteiger partial charge in [-0.15, -0.1) is 0 Å². The Morgan fingerprint density at radius 2 is 0.864 bits per heavy atom. The molecule has 1 aromatic rings. The topological polar surface area (TPSA) is 133 Å². The minimum atomic E-state index is -1.18. The summed E-state index contributed by atoms with van der Waals surface area (Å²) < 4.78 is 37.9. The fraction of sp³-hybridized carbons (Fsp3) is 0.697. The smallest absolute Gasteiger partial charge is 0.428 e. The average molecular weight is 625 g/mol. The van der Waals surface area contributed by atoms with Gasteiger partial charge < -0.3 is 33.2 Å². The van der Waals surface area contributed by atoms with Crippen molar-refractivity contribution in [1.29, 1.82) is 0 Å². The first-order chi connectivity index (χ1) is 19.4. The zero-order chi connectivity index (χ0) is 34.7. The minimum absolute atomic E-state index is 0.159. The Hall–Kier alpha value is -3.50. The second-order valence-corrected chi connectivity index (χ2v) is 16.2. The summed E-state index contributed by atoms with van der Waals surface area (Å²) in [5.41, 5.74) is -4.56. The molecule has 0 aliphatic rings. The third-order valence-electron chi connectivity index (χ3n) is 5.94. The highest BCUT2D eigenvalue weighted by molar-refractivity contribution is 5.81. The summed E-state index contributed by atoms with van der Waals surface area (Å²) in [4.78, 5) is 52.0. The van der Waals surface area contributed by atoms with E-state index in [9.17, 15) is 19.2 Å². The van der Waals surface area contributed by atoms with Crippen LogP contribution in [0.1, 0.15) is 117 Å². The zero-order valence-electron chi connectivity index (χ0n) is 29.4. The first kappa shape index (κ1) is 38.5. The van der Waals surface area contributed by atoms with Crippen molar-refractivity contribution in [3.63, 3.8) is 0 Å². The van der Waals surface area contributed by atoms with Gasteiger partial charge >= 0.3 is 24.4 Å². The maximum absolute atomic E-state index is 13.8. The highest BCUT2D eigenvalue weighted by Crippen LogP contribution is 2.49. The lowest BCUT2D eigenvalue weighted by molar-refractivity contribution is -0.154. The van der Waals surface area contributed by atoms with Crippen LogP contribution in [-0.4, -0.2) is 41.2 Å². The van der Waals surface area contributed by atoms with E-state index >= 15 is 0 Å². The molecule has 11 nitrogen and oxygen atoms in total. The molecule has 44 heavy (non-hydrogen) atoms. The monoisotopic (exact) mass is 624 g/mol. The standard InChI is InChI=1S/C33H52O11/c1-28(2,3)19-33(16,29(4,5)6)24(34)38-20-17-21(39-25(35)42-30(7,8)9)23(41-27(37)44-32(13,14)15)22(18-20)40-26(36)43-31(10,11)12/h17-18H,19H2,1-16H3. The summed E-state index contributed by atoms with van der Waals surface area (Å²) in [5, 5.41) is 0. The van der Waals surface area contributed by atoms with Crippen molar-refractivity contribution in [2.24, 2.45) is 16.2 Å². The summed E-state index contributed by atoms with van der Waals surface area (Å²) in [6, 6.07) is 2.31. The molecule has 250 valence electrons. The van der Waals surface area contributed by atoms with Gasteiger partial charge in [-0.05, 0) is 86.5 Å². The summed E-state index contributed by atoms with van der Waals surface area (Å²) >= 11 is 0. The van der Waals surface area contributed by atoms with E-state index in [4.69, 9.17) is 33.2 Å². The Morgan fingerprint density at radius 3 is 1.16 bits per heavy atom. The molecule has 0 spiro atoms. The molecule has 0 N–H and O–H groups in total. The van der Waals surface area contributed by atoms with Crippen LogP contribution in [0.5, 0.6) is 23.0 Å². The number of benzene rings is 1. The molecule has 0 bridgehead atoms. The van der Waals surface area contributed by atoms with Crippen molar-refractivity contribution in [2.75, 3.05) is 0 Å². The molecule has 11 heteroatoms. The first-order valence-corrected chi connectivity index (χ1v) is 14.5. The number of hydrogen-bond acceptors (Lipinski definition) is 11. The lowest BCUT2D eigenvalue weighted by Crippen LogP contribution is -2.45. The van der Waals surface area contributed by atoms with Crippen LogP contribution in [0.25, 0.3) is 0 Å². The van der Waals surface area contributed by atoms with Gasteiger partial charge in [0.15, 0.2) is 11.5 Å². The molecule has 1 rings (SSSR count). The van der Waals surface area contributed by atoms with E-state index in [0.29, 0.717) is 6.42 Å².